The van der Waals surface area contributed by atoms with Crippen molar-refractivity contribution in [1.29, 1.82) is 0 Å². The molecule has 0 spiro atoms. The third kappa shape index (κ3) is 3.96. The molecule has 1 fully saturated rings. The molecule has 0 bridgehead atoms. The van der Waals surface area contributed by atoms with E-state index in [4.69, 9.17) is 5.73 Å². The molecule has 1 rings (SSSR count). The van der Waals surface area contributed by atoms with Gasteiger partial charge in [-0.3, -0.25) is 9.69 Å². The number of hydrogen-bond donors (Lipinski definition) is 1. The molecule has 17 heavy (non-hydrogen) atoms. The van der Waals surface area contributed by atoms with E-state index in [0.29, 0.717) is 0 Å². The first kappa shape index (κ1) is 14.5. The van der Waals surface area contributed by atoms with Crippen LogP contribution in [0.15, 0.2) is 0 Å². The third-order valence-corrected chi connectivity index (χ3v) is 3.42. The number of rotatable bonds is 3. The second-order valence-corrected chi connectivity index (χ2v) is 6.01. The summed E-state index contributed by atoms with van der Waals surface area (Å²) in [6.07, 6.45) is 1.18. The van der Waals surface area contributed by atoms with Crippen LogP contribution >= 0.6 is 0 Å². The minimum Gasteiger partial charge on any atom is -0.339 e. The van der Waals surface area contributed by atoms with E-state index in [1.807, 2.05) is 25.7 Å². The molecule has 1 aliphatic heterocycles. The predicted octanol–water partition coefficient (Wildman–Crippen LogP) is 0.914. The van der Waals surface area contributed by atoms with Crippen LogP contribution in [0.1, 0.15) is 34.1 Å². The number of nitrogens with zero attached hydrogens (tertiary/aromatic N) is 2. The van der Waals surface area contributed by atoms with Crippen molar-refractivity contribution in [2.75, 3.05) is 32.7 Å². The SMILES string of the molecule is CCCN1CCN(C(=O)C(N)C(C)(C)C)CC1. The molecule has 0 saturated carbocycles. The van der Waals surface area contributed by atoms with Crippen molar-refractivity contribution >= 4 is 5.91 Å². The van der Waals surface area contributed by atoms with Crippen LogP contribution in [-0.4, -0.2) is 54.5 Å². The van der Waals surface area contributed by atoms with Crippen molar-refractivity contribution in [3.8, 4) is 0 Å². The van der Waals surface area contributed by atoms with E-state index in [2.05, 4.69) is 11.8 Å². The van der Waals surface area contributed by atoms with E-state index in [1.165, 1.54) is 6.42 Å². The number of piperazine rings is 1. The Morgan fingerprint density at radius 3 is 2.18 bits per heavy atom. The first-order chi connectivity index (χ1) is 7.86. The molecule has 1 unspecified atom stereocenters. The molecule has 1 heterocycles. The number of carbonyl (C=O) groups excluding carboxylic acids is 1. The largest absolute Gasteiger partial charge is 0.339 e. The molecule has 0 aromatic heterocycles. The average Bonchev–Trinajstić information content (AvgIpc) is 2.27. The Kier molecular flexibility index (Phi) is 4.95. The van der Waals surface area contributed by atoms with Gasteiger partial charge in [0.15, 0.2) is 0 Å². The van der Waals surface area contributed by atoms with Crippen LogP contribution in [0.25, 0.3) is 0 Å². The third-order valence-electron chi connectivity index (χ3n) is 3.42. The summed E-state index contributed by atoms with van der Waals surface area (Å²) >= 11 is 0. The maximum atomic E-state index is 12.2. The van der Waals surface area contributed by atoms with Crippen LogP contribution in [0.3, 0.4) is 0 Å². The fourth-order valence-corrected chi connectivity index (χ4v) is 2.08. The van der Waals surface area contributed by atoms with E-state index in [9.17, 15) is 4.79 Å². The number of amides is 1. The van der Waals surface area contributed by atoms with Crippen molar-refractivity contribution < 1.29 is 4.79 Å². The molecule has 1 saturated heterocycles. The Morgan fingerprint density at radius 1 is 1.24 bits per heavy atom. The summed E-state index contributed by atoms with van der Waals surface area (Å²) in [7, 11) is 0. The number of carbonyl (C=O) groups is 1. The van der Waals surface area contributed by atoms with Crippen molar-refractivity contribution in [1.82, 2.24) is 9.80 Å². The summed E-state index contributed by atoms with van der Waals surface area (Å²) in [5, 5.41) is 0. The van der Waals surface area contributed by atoms with E-state index >= 15 is 0 Å². The molecule has 1 aliphatic rings. The zero-order chi connectivity index (χ0) is 13.1. The quantitative estimate of drug-likeness (QED) is 0.799. The summed E-state index contributed by atoms with van der Waals surface area (Å²) in [4.78, 5) is 16.5. The predicted molar refractivity (Wildman–Crippen MR) is 70.7 cm³/mol. The summed E-state index contributed by atoms with van der Waals surface area (Å²) in [5.74, 6) is 0.105. The van der Waals surface area contributed by atoms with Crippen LogP contribution in [0, 0.1) is 5.41 Å². The molecule has 0 aromatic carbocycles. The molecule has 0 aliphatic carbocycles. The number of hydrogen-bond acceptors (Lipinski definition) is 3. The van der Waals surface area contributed by atoms with Gasteiger partial charge in [0.2, 0.25) is 5.91 Å². The number of nitrogens with two attached hydrogens (primary N) is 1. The van der Waals surface area contributed by atoms with Gasteiger partial charge in [0.1, 0.15) is 0 Å². The maximum absolute atomic E-state index is 12.2. The first-order valence-electron chi connectivity index (χ1n) is 6.63. The molecule has 1 amide bonds. The van der Waals surface area contributed by atoms with E-state index in [1.54, 1.807) is 0 Å². The van der Waals surface area contributed by atoms with Gasteiger partial charge in [0.05, 0.1) is 6.04 Å². The summed E-state index contributed by atoms with van der Waals surface area (Å²) in [6.45, 7) is 13.0. The van der Waals surface area contributed by atoms with Gasteiger partial charge >= 0.3 is 0 Å². The van der Waals surface area contributed by atoms with Gasteiger partial charge in [0, 0.05) is 26.2 Å². The fourth-order valence-electron chi connectivity index (χ4n) is 2.08. The van der Waals surface area contributed by atoms with Crippen LogP contribution < -0.4 is 5.73 Å². The molecule has 4 heteroatoms. The van der Waals surface area contributed by atoms with Gasteiger partial charge in [-0.2, -0.15) is 0 Å². The van der Waals surface area contributed by atoms with Crippen LogP contribution in [0.2, 0.25) is 0 Å². The molecule has 0 aromatic rings. The minimum atomic E-state index is -0.389. The topological polar surface area (TPSA) is 49.6 Å². The highest BCUT2D eigenvalue weighted by Crippen LogP contribution is 2.19. The highest BCUT2D eigenvalue weighted by atomic mass is 16.2. The second kappa shape index (κ2) is 5.83. The molecule has 0 radical (unpaired) electrons. The Morgan fingerprint density at radius 2 is 1.76 bits per heavy atom. The smallest absolute Gasteiger partial charge is 0.240 e. The van der Waals surface area contributed by atoms with Crippen LogP contribution in [-0.2, 0) is 4.79 Å². The van der Waals surface area contributed by atoms with E-state index in [0.717, 1.165) is 32.7 Å². The zero-order valence-corrected chi connectivity index (χ0v) is 11.7. The fraction of sp³-hybridized carbons (Fsp3) is 0.923. The molecule has 1 atom stereocenters. The monoisotopic (exact) mass is 241 g/mol. The van der Waals surface area contributed by atoms with Crippen molar-refractivity contribution in [2.24, 2.45) is 11.1 Å². The molecular formula is C13H27N3O. The lowest BCUT2D eigenvalue weighted by molar-refractivity contribution is -0.136. The summed E-state index contributed by atoms with van der Waals surface area (Å²) in [6, 6.07) is -0.389. The highest BCUT2D eigenvalue weighted by Gasteiger charge is 2.32. The van der Waals surface area contributed by atoms with Crippen LogP contribution in [0.4, 0.5) is 0 Å². The molecular weight excluding hydrogens is 214 g/mol. The lowest BCUT2D eigenvalue weighted by Gasteiger charge is -2.38. The molecule has 2 N–H and O–H groups in total. The lowest BCUT2D eigenvalue weighted by atomic mass is 9.86. The average molecular weight is 241 g/mol. The Balaban J connectivity index is 2.46. The van der Waals surface area contributed by atoms with Gasteiger partial charge < -0.3 is 10.6 Å². The van der Waals surface area contributed by atoms with Gasteiger partial charge in [-0.05, 0) is 18.4 Å². The molecule has 100 valence electrons. The molecule has 4 nitrogen and oxygen atoms in total. The van der Waals surface area contributed by atoms with Gasteiger partial charge in [-0.15, -0.1) is 0 Å². The summed E-state index contributed by atoms with van der Waals surface area (Å²) in [5.41, 5.74) is 5.86. The Hall–Kier alpha value is -0.610. The zero-order valence-electron chi connectivity index (χ0n) is 11.7. The van der Waals surface area contributed by atoms with Crippen molar-refractivity contribution in [2.45, 2.75) is 40.2 Å². The first-order valence-corrected chi connectivity index (χ1v) is 6.63. The maximum Gasteiger partial charge on any atom is 0.240 e. The lowest BCUT2D eigenvalue weighted by Crippen LogP contribution is -2.56. The standard InChI is InChI=1S/C13H27N3O/c1-5-6-15-7-9-16(10-8-15)12(17)11(14)13(2,3)4/h11H,5-10,14H2,1-4H3. The Bertz CT molecular complexity index is 252. The normalized spacial score (nSPS) is 20.4. The summed E-state index contributed by atoms with van der Waals surface area (Å²) < 4.78 is 0. The van der Waals surface area contributed by atoms with Crippen LogP contribution in [0.5, 0.6) is 0 Å². The minimum absolute atomic E-state index is 0.105. The van der Waals surface area contributed by atoms with E-state index < -0.39 is 0 Å². The van der Waals surface area contributed by atoms with Gasteiger partial charge in [0.25, 0.3) is 0 Å². The Labute approximate surface area is 105 Å². The van der Waals surface area contributed by atoms with Gasteiger partial charge in [-0.1, -0.05) is 27.7 Å². The van der Waals surface area contributed by atoms with E-state index in [-0.39, 0.29) is 17.4 Å². The van der Waals surface area contributed by atoms with Crippen molar-refractivity contribution in [3.05, 3.63) is 0 Å². The second-order valence-electron chi connectivity index (χ2n) is 6.01. The van der Waals surface area contributed by atoms with Crippen molar-refractivity contribution in [3.63, 3.8) is 0 Å². The highest BCUT2D eigenvalue weighted by molar-refractivity contribution is 5.82. The van der Waals surface area contributed by atoms with Gasteiger partial charge in [-0.25, -0.2) is 0 Å².